The van der Waals surface area contributed by atoms with Gasteiger partial charge in [0.05, 0.1) is 0 Å². The van der Waals surface area contributed by atoms with E-state index in [1.165, 1.54) is 0 Å². The van der Waals surface area contributed by atoms with Crippen molar-refractivity contribution in [3.8, 4) is 0 Å². The average Bonchev–Trinajstić information content (AvgIpc) is 3.26. The molecule has 1 atom stereocenters. The monoisotopic (exact) mass is 406 g/mol. The van der Waals surface area contributed by atoms with Crippen LogP contribution in [-0.2, 0) is 19.9 Å². The lowest BCUT2D eigenvalue weighted by Crippen LogP contribution is -2.42. The SMILES string of the molecule is CC1(c2ccccc2)NC(=O)N(CC(=O)Nc2cccc(N3CCCC3=O)c2)C1=O. The van der Waals surface area contributed by atoms with Gasteiger partial charge in [-0.1, -0.05) is 36.4 Å². The Bertz CT molecular complexity index is 1020. The zero-order valence-electron chi connectivity index (χ0n) is 16.6. The van der Waals surface area contributed by atoms with Crippen molar-refractivity contribution in [3.63, 3.8) is 0 Å². The van der Waals surface area contributed by atoms with Gasteiger partial charge in [0.2, 0.25) is 11.8 Å². The molecule has 0 aromatic heterocycles. The van der Waals surface area contributed by atoms with Gasteiger partial charge >= 0.3 is 6.03 Å². The van der Waals surface area contributed by atoms with Crippen molar-refractivity contribution in [1.82, 2.24) is 10.2 Å². The van der Waals surface area contributed by atoms with Crippen molar-refractivity contribution in [2.75, 3.05) is 23.3 Å². The van der Waals surface area contributed by atoms with E-state index in [-0.39, 0.29) is 5.91 Å². The van der Waals surface area contributed by atoms with Crippen LogP contribution in [-0.4, -0.2) is 41.7 Å². The van der Waals surface area contributed by atoms with Crippen LogP contribution in [0.2, 0.25) is 0 Å². The normalized spacial score (nSPS) is 21.2. The van der Waals surface area contributed by atoms with Crippen LogP contribution in [0, 0.1) is 0 Å². The standard InChI is InChI=1S/C22H22N4O4/c1-22(15-7-3-2-4-8-15)20(29)26(21(30)24-22)14-18(27)23-16-9-5-10-17(13-16)25-12-6-11-19(25)28/h2-5,7-10,13H,6,11-12,14H2,1H3,(H,23,27)(H,24,30). The van der Waals surface area contributed by atoms with Crippen LogP contribution in [0.4, 0.5) is 16.2 Å². The van der Waals surface area contributed by atoms with Crippen molar-refractivity contribution in [3.05, 3.63) is 60.2 Å². The molecular weight excluding hydrogens is 384 g/mol. The van der Waals surface area contributed by atoms with Crippen LogP contribution >= 0.6 is 0 Å². The van der Waals surface area contributed by atoms with Crippen molar-refractivity contribution in [1.29, 1.82) is 0 Å². The Morgan fingerprint density at radius 1 is 1.10 bits per heavy atom. The summed E-state index contributed by atoms with van der Waals surface area (Å²) < 4.78 is 0. The van der Waals surface area contributed by atoms with E-state index in [0.717, 1.165) is 11.3 Å². The maximum atomic E-state index is 12.9. The number of imide groups is 1. The number of hydrogen-bond donors (Lipinski definition) is 2. The summed E-state index contributed by atoms with van der Waals surface area (Å²) in [6.07, 6.45) is 1.32. The molecule has 154 valence electrons. The quantitative estimate of drug-likeness (QED) is 0.744. The fourth-order valence-electron chi connectivity index (χ4n) is 3.82. The molecule has 2 N–H and O–H groups in total. The number of nitrogens with one attached hydrogen (secondary N) is 2. The second-order valence-corrected chi connectivity index (χ2v) is 7.56. The van der Waals surface area contributed by atoms with E-state index in [0.29, 0.717) is 29.9 Å². The summed E-state index contributed by atoms with van der Waals surface area (Å²) in [5, 5.41) is 5.38. The number of amides is 5. The van der Waals surface area contributed by atoms with E-state index in [2.05, 4.69) is 10.6 Å². The van der Waals surface area contributed by atoms with Gasteiger partial charge in [0.1, 0.15) is 12.1 Å². The fourth-order valence-corrected chi connectivity index (χ4v) is 3.82. The molecule has 2 fully saturated rings. The lowest BCUT2D eigenvalue weighted by atomic mass is 9.92. The lowest BCUT2D eigenvalue weighted by molar-refractivity contribution is -0.133. The summed E-state index contributed by atoms with van der Waals surface area (Å²) in [7, 11) is 0. The minimum Gasteiger partial charge on any atom is -0.324 e. The van der Waals surface area contributed by atoms with Crippen molar-refractivity contribution in [2.45, 2.75) is 25.3 Å². The van der Waals surface area contributed by atoms with Crippen LogP contribution < -0.4 is 15.5 Å². The molecule has 2 aromatic carbocycles. The van der Waals surface area contributed by atoms with Gasteiger partial charge in [-0.25, -0.2) is 4.79 Å². The van der Waals surface area contributed by atoms with Crippen molar-refractivity contribution in [2.24, 2.45) is 0 Å². The molecule has 0 aliphatic carbocycles. The van der Waals surface area contributed by atoms with E-state index < -0.39 is 29.9 Å². The topological polar surface area (TPSA) is 98.8 Å². The molecule has 0 spiro atoms. The second-order valence-electron chi connectivity index (χ2n) is 7.56. The maximum Gasteiger partial charge on any atom is 0.325 e. The number of urea groups is 1. The Labute approximate surface area is 173 Å². The first kappa shape index (κ1) is 19.6. The number of nitrogens with zero attached hydrogens (tertiary/aromatic N) is 2. The van der Waals surface area contributed by atoms with Gasteiger partial charge in [-0.15, -0.1) is 0 Å². The molecule has 2 aliphatic rings. The van der Waals surface area contributed by atoms with Crippen LogP contribution in [0.15, 0.2) is 54.6 Å². The van der Waals surface area contributed by atoms with E-state index in [1.54, 1.807) is 54.3 Å². The minimum atomic E-state index is -1.21. The molecular formula is C22H22N4O4. The van der Waals surface area contributed by atoms with Gasteiger partial charge in [-0.05, 0) is 37.1 Å². The number of carbonyl (C=O) groups is 4. The smallest absolute Gasteiger partial charge is 0.324 e. The molecule has 2 aliphatic heterocycles. The van der Waals surface area contributed by atoms with Crippen molar-refractivity contribution >= 4 is 35.1 Å². The summed E-state index contributed by atoms with van der Waals surface area (Å²) in [4.78, 5) is 52.4. The molecule has 2 saturated heterocycles. The fraction of sp³-hybridized carbons (Fsp3) is 0.273. The molecule has 2 heterocycles. The van der Waals surface area contributed by atoms with E-state index >= 15 is 0 Å². The summed E-state index contributed by atoms with van der Waals surface area (Å²) >= 11 is 0. The Kier molecular flexibility index (Phi) is 4.99. The van der Waals surface area contributed by atoms with Gasteiger partial charge in [-0.3, -0.25) is 19.3 Å². The Balaban J connectivity index is 1.45. The maximum absolute atomic E-state index is 12.9. The summed E-state index contributed by atoms with van der Waals surface area (Å²) in [5.74, 6) is -0.927. The number of rotatable bonds is 5. The molecule has 0 radical (unpaired) electrons. The first-order chi connectivity index (χ1) is 14.4. The van der Waals surface area contributed by atoms with E-state index in [1.807, 2.05) is 12.1 Å². The highest BCUT2D eigenvalue weighted by atomic mass is 16.2. The van der Waals surface area contributed by atoms with E-state index in [4.69, 9.17) is 0 Å². The molecule has 1 unspecified atom stereocenters. The Hall–Kier alpha value is -3.68. The average molecular weight is 406 g/mol. The summed E-state index contributed by atoms with van der Waals surface area (Å²) in [5.41, 5.74) is 0.639. The third-order valence-electron chi connectivity index (χ3n) is 5.44. The molecule has 8 nitrogen and oxygen atoms in total. The molecule has 5 amide bonds. The van der Waals surface area contributed by atoms with Crippen LogP contribution in [0.5, 0.6) is 0 Å². The van der Waals surface area contributed by atoms with Gasteiger partial charge in [0.25, 0.3) is 5.91 Å². The first-order valence-electron chi connectivity index (χ1n) is 9.78. The molecule has 30 heavy (non-hydrogen) atoms. The number of hydrogen-bond acceptors (Lipinski definition) is 4. The highest BCUT2D eigenvalue weighted by Crippen LogP contribution is 2.29. The lowest BCUT2D eigenvalue weighted by Gasteiger charge is -2.22. The number of benzene rings is 2. The van der Waals surface area contributed by atoms with Gasteiger partial charge in [0.15, 0.2) is 0 Å². The highest BCUT2D eigenvalue weighted by molar-refractivity contribution is 6.10. The predicted molar refractivity (Wildman–Crippen MR) is 111 cm³/mol. The zero-order chi connectivity index (χ0) is 21.3. The van der Waals surface area contributed by atoms with Gasteiger partial charge in [-0.2, -0.15) is 0 Å². The van der Waals surface area contributed by atoms with Crippen LogP contribution in [0.25, 0.3) is 0 Å². The van der Waals surface area contributed by atoms with Gasteiger partial charge in [0, 0.05) is 24.3 Å². The first-order valence-corrected chi connectivity index (χ1v) is 9.78. The summed E-state index contributed by atoms with van der Waals surface area (Å²) in [6.45, 7) is 1.87. The molecule has 0 saturated carbocycles. The minimum absolute atomic E-state index is 0.0537. The molecule has 0 bridgehead atoms. The Morgan fingerprint density at radius 2 is 1.87 bits per heavy atom. The molecule has 2 aromatic rings. The molecule has 4 rings (SSSR count). The number of anilines is 2. The molecule has 8 heteroatoms. The Morgan fingerprint density at radius 3 is 2.57 bits per heavy atom. The second kappa shape index (κ2) is 7.62. The zero-order valence-corrected chi connectivity index (χ0v) is 16.6. The van der Waals surface area contributed by atoms with Crippen molar-refractivity contribution < 1.29 is 19.2 Å². The number of carbonyl (C=O) groups excluding carboxylic acids is 4. The van der Waals surface area contributed by atoms with Crippen LogP contribution in [0.3, 0.4) is 0 Å². The predicted octanol–water partition coefficient (Wildman–Crippen LogP) is 2.22. The highest BCUT2D eigenvalue weighted by Gasteiger charge is 2.49. The summed E-state index contributed by atoms with van der Waals surface area (Å²) in [6, 6.07) is 15.3. The van der Waals surface area contributed by atoms with E-state index in [9.17, 15) is 19.2 Å². The largest absolute Gasteiger partial charge is 0.325 e. The van der Waals surface area contributed by atoms with Crippen LogP contribution in [0.1, 0.15) is 25.3 Å². The third-order valence-corrected chi connectivity index (χ3v) is 5.44. The third kappa shape index (κ3) is 3.52. The van der Waals surface area contributed by atoms with Gasteiger partial charge < -0.3 is 15.5 Å².